The van der Waals surface area contributed by atoms with Gasteiger partial charge in [-0.2, -0.15) is 0 Å². The third-order valence-electron chi connectivity index (χ3n) is 3.27. The van der Waals surface area contributed by atoms with Crippen LogP contribution in [0.1, 0.15) is 21.5 Å². The molecule has 2 aromatic rings. The first-order valence-electron chi connectivity index (χ1n) is 6.26. The monoisotopic (exact) mass is 256 g/mol. The summed E-state index contributed by atoms with van der Waals surface area (Å²) < 4.78 is 18.5. The molecule has 0 N–H and O–H groups in total. The second-order valence-corrected chi connectivity index (χ2v) is 4.65. The maximum atomic E-state index is 13.1. The number of benzene rings is 2. The van der Waals surface area contributed by atoms with Crippen molar-refractivity contribution in [1.82, 2.24) is 0 Å². The molecule has 0 saturated heterocycles. The molecule has 1 aliphatic heterocycles. The van der Waals surface area contributed by atoms with Gasteiger partial charge in [-0.05, 0) is 41.5 Å². The van der Waals surface area contributed by atoms with Crippen molar-refractivity contribution in [2.75, 3.05) is 6.61 Å². The highest BCUT2D eigenvalue weighted by Gasteiger charge is 2.15. The molecule has 0 aliphatic carbocycles. The fraction of sp³-hybridized carbons (Fsp3) is 0.188. The van der Waals surface area contributed by atoms with Crippen LogP contribution in [-0.4, -0.2) is 12.4 Å². The zero-order chi connectivity index (χ0) is 13.2. The molecule has 1 heterocycles. The van der Waals surface area contributed by atoms with Gasteiger partial charge in [0.05, 0.1) is 6.61 Å². The fourth-order valence-electron chi connectivity index (χ4n) is 2.29. The Morgan fingerprint density at radius 3 is 2.95 bits per heavy atom. The van der Waals surface area contributed by atoms with E-state index in [-0.39, 0.29) is 18.0 Å². The van der Waals surface area contributed by atoms with Crippen LogP contribution in [0.4, 0.5) is 4.39 Å². The molecule has 0 bridgehead atoms. The maximum absolute atomic E-state index is 13.1. The van der Waals surface area contributed by atoms with Gasteiger partial charge in [-0.1, -0.05) is 12.1 Å². The summed E-state index contributed by atoms with van der Waals surface area (Å²) >= 11 is 0. The van der Waals surface area contributed by atoms with Gasteiger partial charge in [0.15, 0.2) is 5.78 Å². The van der Waals surface area contributed by atoms with E-state index in [1.807, 2.05) is 12.1 Å². The maximum Gasteiger partial charge on any atom is 0.167 e. The zero-order valence-electron chi connectivity index (χ0n) is 10.4. The first-order chi connectivity index (χ1) is 9.22. The van der Waals surface area contributed by atoms with Gasteiger partial charge in [-0.15, -0.1) is 0 Å². The van der Waals surface area contributed by atoms with Gasteiger partial charge < -0.3 is 4.74 Å². The molecule has 0 aromatic heterocycles. The zero-order valence-corrected chi connectivity index (χ0v) is 10.4. The molecule has 0 saturated carbocycles. The molecular weight excluding hydrogens is 243 g/mol. The summed E-state index contributed by atoms with van der Waals surface area (Å²) in [5.41, 5.74) is 2.43. The number of Topliss-reactive ketones (excluding diaryl/α,β-unsaturated/α-hetero) is 1. The van der Waals surface area contributed by atoms with Gasteiger partial charge in [0.25, 0.3) is 0 Å². The second-order valence-electron chi connectivity index (χ2n) is 4.65. The van der Waals surface area contributed by atoms with Crippen LogP contribution in [0.3, 0.4) is 0 Å². The van der Waals surface area contributed by atoms with Gasteiger partial charge in [0.1, 0.15) is 11.6 Å². The van der Waals surface area contributed by atoms with Gasteiger partial charge in [-0.25, -0.2) is 4.39 Å². The Kier molecular flexibility index (Phi) is 3.03. The number of fused-ring (bicyclic) bond motifs is 1. The lowest BCUT2D eigenvalue weighted by Crippen LogP contribution is -2.04. The van der Waals surface area contributed by atoms with Crippen LogP contribution in [0, 0.1) is 5.82 Å². The lowest BCUT2D eigenvalue weighted by atomic mass is 10.0. The Balaban J connectivity index is 1.81. The van der Waals surface area contributed by atoms with E-state index in [4.69, 9.17) is 4.74 Å². The molecule has 0 radical (unpaired) electrons. The number of carbonyl (C=O) groups is 1. The second kappa shape index (κ2) is 4.84. The van der Waals surface area contributed by atoms with Gasteiger partial charge in [-0.3, -0.25) is 4.79 Å². The Labute approximate surface area is 110 Å². The predicted molar refractivity (Wildman–Crippen MR) is 70.1 cm³/mol. The van der Waals surface area contributed by atoms with E-state index >= 15 is 0 Å². The van der Waals surface area contributed by atoms with E-state index in [0.29, 0.717) is 17.7 Å². The van der Waals surface area contributed by atoms with E-state index in [1.54, 1.807) is 18.2 Å². The highest BCUT2D eigenvalue weighted by Crippen LogP contribution is 2.26. The third kappa shape index (κ3) is 2.50. The van der Waals surface area contributed by atoms with Crippen molar-refractivity contribution in [3.63, 3.8) is 0 Å². The van der Waals surface area contributed by atoms with Crippen molar-refractivity contribution < 1.29 is 13.9 Å². The average Bonchev–Trinajstić information content (AvgIpc) is 2.85. The molecule has 1 aliphatic rings. The number of hydrogen-bond donors (Lipinski definition) is 0. The number of ketones is 1. The summed E-state index contributed by atoms with van der Waals surface area (Å²) in [5.74, 6) is 0.551. The molecule has 0 amide bonds. The summed E-state index contributed by atoms with van der Waals surface area (Å²) in [6, 6.07) is 11.6. The van der Waals surface area contributed by atoms with Gasteiger partial charge in [0.2, 0.25) is 0 Å². The predicted octanol–water partition coefficient (Wildman–Crippen LogP) is 3.19. The molecule has 0 fully saturated rings. The van der Waals surface area contributed by atoms with Crippen LogP contribution in [0.5, 0.6) is 5.75 Å². The molecule has 3 heteroatoms. The van der Waals surface area contributed by atoms with E-state index in [2.05, 4.69) is 0 Å². The van der Waals surface area contributed by atoms with Crippen molar-refractivity contribution in [3.8, 4) is 5.75 Å². The lowest BCUT2D eigenvalue weighted by Gasteiger charge is -2.04. The largest absolute Gasteiger partial charge is 0.493 e. The van der Waals surface area contributed by atoms with Crippen molar-refractivity contribution >= 4 is 5.78 Å². The first-order valence-corrected chi connectivity index (χ1v) is 6.26. The summed E-state index contributed by atoms with van der Waals surface area (Å²) in [4.78, 5) is 12.2. The Morgan fingerprint density at radius 1 is 1.21 bits per heavy atom. The fourth-order valence-corrected chi connectivity index (χ4v) is 2.29. The van der Waals surface area contributed by atoms with Gasteiger partial charge >= 0.3 is 0 Å². The minimum Gasteiger partial charge on any atom is -0.493 e. The molecule has 2 nitrogen and oxygen atoms in total. The van der Waals surface area contributed by atoms with Crippen LogP contribution in [0.15, 0.2) is 42.5 Å². The summed E-state index contributed by atoms with van der Waals surface area (Å²) in [6.45, 7) is 0.677. The Bertz CT molecular complexity index is 634. The smallest absolute Gasteiger partial charge is 0.167 e. The summed E-state index contributed by atoms with van der Waals surface area (Å²) in [6.07, 6.45) is 1.06. The lowest BCUT2D eigenvalue weighted by molar-refractivity contribution is 0.0993. The van der Waals surface area contributed by atoms with Crippen molar-refractivity contribution in [1.29, 1.82) is 0 Å². The summed E-state index contributed by atoms with van der Waals surface area (Å²) in [7, 11) is 0. The van der Waals surface area contributed by atoms with Crippen molar-refractivity contribution in [2.45, 2.75) is 12.8 Å². The van der Waals surface area contributed by atoms with E-state index in [1.165, 1.54) is 12.1 Å². The van der Waals surface area contributed by atoms with Crippen LogP contribution in [-0.2, 0) is 12.8 Å². The standard InChI is InChI=1S/C16H13FO2/c17-14-3-1-2-11(8-14)9-15(18)12-4-5-16-13(10-12)6-7-19-16/h1-5,8,10H,6-7,9H2. The van der Waals surface area contributed by atoms with E-state index in [0.717, 1.165) is 17.7 Å². The van der Waals surface area contributed by atoms with Crippen LogP contribution >= 0.6 is 0 Å². The quantitative estimate of drug-likeness (QED) is 0.788. The molecule has 0 unspecified atom stereocenters. The Morgan fingerprint density at radius 2 is 2.11 bits per heavy atom. The average molecular weight is 256 g/mol. The molecule has 0 spiro atoms. The van der Waals surface area contributed by atoms with Crippen LogP contribution < -0.4 is 4.74 Å². The van der Waals surface area contributed by atoms with E-state index in [9.17, 15) is 9.18 Å². The number of ether oxygens (including phenoxy) is 1. The number of halogens is 1. The van der Waals surface area contributed by atoms with Crippen molar-refractivity contribution in [3.05, 3.63) is 65.0 Å². The molecule has 0 atom stereocenters. The minimum atomic E-state index is -0.312. The minimum absolute atomic E-state index is 0.000278. The highest BCUT2D eigenvalue weighted by molar-refractivity contribution is 5.97. The van der Waals surface area contributed by atoms with Crippen molar-refractivity contribution in [2.24, 2.45) is 0 Å². The number of rotatable bonds is 3. The van der Waals surface area contributed by atoms with Crippen LogP contribution in [0.2, 0.25) is 0 Å². The number of hydrogen-bond acceptors (Lipinski definition) is 2. The number of carbonyl (C=O) groups excluding carboxylic acids is 1. The van der Waals surface area contributed by atoms with Gasteiger partial charge in [0, 0.05) is 18.4 Å². The molecule has 2 aromatic carbocycles. The summed E-state index contributed by atoms with van der Waals surface area (Å²) in [5, 5.41) is 0. The molecule has 19 heavy (non-hydrogen) atoms. The first kappa shape index (κ1) is 11.9. The molecule has 96 valence electrons. The normalized spacial score (nSPS) is 12.9. The molecule has 3 rings (SSSR count). The van der Waals surface area contributed by atoms with Crippen LogP contribution in [0.25, 0.3) is 0 Å². The van der Waals surface area contributed by atoms with E-state index < -0.39 is 0 Å². The molecular formula is C16H13FO2. The topological polar surface area (TPSA) is 26.3 Å². The SMILES string of the molecule is O=C(Cc1cccc(F)c1)c1ccc2c(c1)CCO2. The highest BCUT2D eigenvalue weighted by atomic mass is 19.1. The Hall–Kier alpha value is -2.16. The third-order valence-corrected chi connectivity index (χ3v) is 3.27.